The Bertz CT molecular complexity index is 586. The first-order chi connectivity index (χ1) is 10.2. The Labute approximate surface area is 134 Å². The number of rotatable bonds is 6. The molecule has 0 aliphatic heterocycles. The summed E-state index contributed by atoms with van der Waals surface area (Å²) in [7, 11) is 0. The average Bonchev–Trinajstić information content (AvgIpc) is 2.51. The predicted octanol–water partition coefficient (Wildman–Crippen LogP) is 5.09. The molecule has 2 rings (SSSR count). The summed E-state index contributed by atoms with van der Waals surface area (Å²) in [5, 5.41) is 3.67. The molecule has 4 heteroatoms. The van der Waals surface area contributed by atoms with E-state index in [9.17, 15) is 4.39 Å². The lowest BCUT2D eigenvalue weighted by Gasteiger charge is -2.19. The van der Waals surface area contributed by atoms with E-state index in [4.69, 9.17) is 11.6 Å². The van der Waals surface area contributed by atoms with E-state index in [2.05, 4.69) is 42.8 Å². The van der Waals surface area contributed by atoms with E-state index >= 15 is 0 Å². The lowest BCUT2D eigenvalue weighted by molar-refractivity contribution is 0.546. The van der Waals surface area contributed by atoms with Crippen molar-refractivity contribution in [2.75, 3.05) is 12.8 Å². The van der Waals surface area contributed by atoms with Crippen molar-refractivity contribution in [2.45, 2.75) is 24.3 Å². The van der Waals surface area contributed by atoms with Crippen LogP contribution in [0.25, 0.3) is 0 Å². The average molecular weight is 324 g/mol. The second-order valence-electron chi connectivity index (χ2n) is 4.80. The fraction of sp³-hybridized carbons (Fsp3) is 0.294. The normalized spacial score (nSPS) is 12.4. The molecule has 0 radical (unpaired) electrons. The summed E-state index contributed by atoms with van der Waals surface area (Å²) in [5.41, 5.74) is 2.02. The number of hydrogen-bond acceptors (Lipinski definition) is 2. The van der Waals surface area contributed by atoms with Gasteiger partial charge in [-0.15, -0.1) is 11.8 Å². The van der Waals surface area contributed by atoms with Gasteiger partial charge in [-0.1, -0.05) is 42.8 Å². The third-order valence-corrected chi connectivity index (χ3v) is 4.59. The summed E-state index contributed by atoms with van der Waals surface area (Å²) in [5.74, 6) is -0.359. The maximum Gasteiger partial charge on any atom is 0.142 e. The van der Waals surface area contributed by atoms with Crippen LogP contribution in [0, 0.1) is 5.82 Å². The topological polar surface area (TPSA) is 12.0 Å². The van der Waals surface area contributed by atoms with Crippen molar-refractivity contribution in [3.05, 3.63) is 64.4 Å². The van der Waals surface area contributed by atoms with Gasteiger partial charge < -0.3 is 5.32 Å². The quantitative estimate of drug-likeness (QED) is 0.743. The lowest BCUT2D eigenvalue weighted by Crippen LogP contribution is -2.23. The Hall–Kier alpha value is -1.03. The van der Waals surface area contributed by atoms with Gasteiger partial charge >= 0.3 is 0 Å². The fourth-order valence-electron chi connectivity index (χ4n) is 2.32. The monoisotopic (exact) mass is 323 g/mol. The SMILES string of the molecule is CCNC(Cc1cccc(F)c1Cl)c1ccc(SC)cc1. The van der Waals surface area contributed by atoms with Crippen molar-refractivity contribution in [3.8, 4) is 0 Å². The minimum Gasteiger partial charge on any atom is -0.310 e. The molecule has 0 bridgehead atoms. The Morgan fingerprint density at radius 3 is 2.52 bits per heavy atom. The lowest BCUT2D eigenvalue weighted by atomic mass is 9.98. The number of hydrogen-bond donors (Lipinski definition) is 1. The summed E-state index contributed by atoms with van der Waals surface area (Å²) in [6.07, 6.45) is 2.73. The molecule has 0 fully saturated rings. The third-order valence-electron chi connectivity index (χ3n) is 3.42. The second-order valence-corrected chi connectivity index (χ2v) is 6.06. The van der Waals surface area contributed by atoms with Gasteiger partial charge in [-0.3, -0.25) is 0 Å². The van der Waals surface area contributed by atoms with E-state index < -0.39 is 0 Å². The molecule has 0 heterocycles. The highest BCUT2D eigenvalue weighted by atomic mass is 35.5. The van der Waals surface area contributed by atoms with Crippen LogP contribution < -0.4 is 5.32 Å². The largest absolute Gasteiger partial charge is 0.310 e. The van der Waals surface area contributed by atoms with Gasteiger partial charge in [0, 0.05) is 10.9 Å². The van der Waals surface area contributed by atoms with Crippen molar-refractivity contribution < 1.29 is 4.39 Å². The Kier molecular flexibility index (Phi) is 6.09. The summed E-state index contributed by atoms with van der Waals surface area (Å²) < 4.78 is 13.6. The molecule has 1 unspecified atom stereocenters. The van der Waals surface area contributed by atoms with E-state index in [1.165, 1.54) is 16.5 Å². The summed E-state index contributed by atoms with van der Waals surface area (Å²) in [4.78, 5) is 1.23. The summed E-state index contributed by atoms with van der Waals surface area (Å²) in [6, 6.07) is 13.6. The zero-order valence-corrected chi connectivity index (χ0v) is 13.8. The molecule has 1 atom stereocenters. The second kappa shape index (κ2) is 7.83. The fourth-order valence-corrected chi connectivity index (χ4v) is 2.93. The van der Waals surface area contributed by atoms with Gasteiger partial charge in [0.25, 0.3) is 0 Å². The molecular weight excluding hydrogens is 305 g/mol. The van der Waals surface area contributed by atoms with Gasteiger partial charge in [0.05, 0.1) is 5.02 Å². The molecule has 2 aromatic carbocycles. The Balaban J connectivity index is 2.23. The minimum absolute atomic E-state index is 0.130. The maximum absolute atomic E-state index is 13.6. The number of halogens is 2. The molecule has 1 N–H and O–H groups in total. The van der Waals surface area contributed by atoms with Crippen LogP contribution >= 0.6 is 23.4 Å². The van der Waals surface area contributed by atoms with Crippen molar-refractivity contribution >= 4 is 23.4 Å². The van der Waals surface area contributed by atoms with Gasteiger partial charge in [0.1, 0.15) is 5.82 Å². The van der Waals surface area contributed by atoms with E-state index in [-0.39, 0.29) is 16.9 Å². The van der Waals surface area contributed by atoms with Crippen LogP contribution in [-0.2, 0) is 6.42 Å². The highest BCUT2D eigenvalue weighted by Crippen LogP contribution is 2.26. The van der Waals surface area contributed by atoms with Crippen LogP contribution in [0.15, 0.2) is 47.4 Å². The third kappa shape index (κ3) is 4.22. The molecule has 21 heavy (non-hydrogen) atoms. The van der Waals surface area contributed by atoms with E-state index in [0.717, 1.165) is 12.1 Å². The molecule has 0 aliphatic rings. The van der Waals surface area contributed by atoms with Gasteiger partial charge in [-0.25, -0.2) is 4.39 Å². The van der Waals surface area contributed by atoms with E-state index in [1.807, 2.05) is 6.07 Å². The number of thioether (sulfide) groups is 1. The zero-order chi connectivity index (χ0) is 15.2. The van der Waals surface area contributed by atoms with Crippen LogP contribution in [0.4, 0.5) is 4.39 Å². The molecular formula is C17H19ClFNS. The van der Waals surface area contributed by atoms with Gasteiger partial charge in [-0.2, -0.15) is 0 Å². The molecule has 1 nitrogen and oxygen atoms in total. The molecule has 0 spiro atoms. The van der Waals surface area contributed by atoms with Crippen LogP contribution in [0.3, 0.4) is 0 Å². The van der Waals surface area contributed by atoms with E-state index in [1.54, 1.807) is 17.8 Å². The summed E-state index contributed by atoms with van der Waals surface area (Å²) in [6.45, 7) is 2.92. The Morgan fingerprint density at radius 2 is 1.90 bits per heavy atom. The number of benzene rings is 2. The molecule has 2 aromatic rings. The zero-order valence-electron chi connectivity index (χ0n) is 12.2. The number of nitrogens with one attached hydrogen (secondary N) is 1. The predicted molar refractivity (Wildman–Crippen MR) is 89.8 cm³/mol. The molecule has 0 saturated heterocycles. The van der Waals surface area contributed by atoms with Crippen LogP contribution in [0.1, 0.15) is 24.1 Å². The van der Waals surface area contributed by atoms with E-state index in [0.29, 0.717) is 6.42 Å². The smallest absolute Gasteiger partial charge is 0.142 e. The minimum atomic E-state index is -0.359. The van der Waals surface area contributed by atoms with Crippen molar-refractivity contribution in [3.63, 3.8) is 0 Å². The van der Waals surface area contributed by atoms with Crippen molar-refractivity contribution in [2.24, 2.45) is 0 Å². The molecule has 0 aromatic heterocycles. The molecule has 0 aliphatic carbocycles. The van der Waals surface area contributed by atoms with Gasteiger partial charge in [0.2, 0.25) is 0 Å². The maximum atomic E-state index is 13.6. The number of likely N-dealkylation sites (N-methyl/N-ethyl adjacent to an activating group) is 1. The summed E-state index contributed by atoms with van der Waals surface area (Å²) >= 11 is 7.79. The molecule has 0 saturated carbocycles. The standard InChI is InChI=1S/C17H19ClFNS/c1-3-20-16(12-7-9-14(21-2)10-8-12)11-13-5-4-6-15(19)17(13)18/h4-10,16,20H,3,11H2,1-2H3. The molecule has 0 amide bonds. The van der Waals surface area contributed by atoms with Crippen molar-refractivity contribution in [1.29, 1.82) is 0 Å². The molecule has 112 valence electrons. The Morgan fingerprint density at radius 1 is 1.19 bits per heavy atom. The first-order valence-electron chi connectivity index (χ1n) is 6.96. The first kappa shape index (κ1) is 16.3. The highest BCUT2D eigenvalue weighted by Gasteiger charge is 2.14. The highest BCUT2D eigenvalue weighted by molar-refractivity contribution is 7.98. The van der Waals surface area contributed by atoms with Crippen molar-refractivity contribution in [1.82, 2.24) is 5.32 Å². The first-order valence-corrected chi connectivity index (χ1v) is 8.56. The van der Waals surface area contributed by atoms with Crippen LogP contribution in [0.2, 0.25) is 5.02 Å². The van der Waals surface area contributed by atoms with Gasteiger partial charge in [0.15, 0.2) is 0 Å². The van der Waals surface area contributed by atoms with Crippen LogP contribution in [0.5, 0.6) is 0 Å². The van der Waals surface area contributed by atoms with Crippen LogP contribution in [-0.4, -0.2) is 12.8 Å². The van der Waals surface area contributed by atoms with Gasteiger partial charge in [-0.05, 0) is 48.5 Å².